The first-order valence-electron chi connectivity index (χ1n) is 13.9. The Kier molecular flexibility index (Phi) is 9.09. The number of hydrogen-bond acceptors (Lipinski definition) is 7. The van der Waals surface area contributed by atoms with E-state index in [0.29, 0.717) is 39.8 Å². The molecule has 0 radical (unpaired) electrons. The normalized spacial score (nSPS) is 13.0. The minimum Gasteiger partial charge on any atom is -0.382 e. The molecule has 1 aliphatic heterocycles. The number of aromatic nitrogens is 4. The molecule has 1 unspecified atom stereocenters. The maximum absolute atomic E-state index is 14.0. The fraction of sp³-hybridized carbons (Fsp3) is 0.219. The molecular formula is C32H31N7O4. The van der Waals surface area contributed by atoms with Gasteiger partial charge in [0.25, 0.3) is 11.5 Å². The zero-order valence-electron chi connectivity index (χ0n) is 23.6. The van der Waals surface area contributed by atoms with Crippen LogP contribution >= 0.6 is 0 Å². The minimum absolute atomic E-state index is 0.0552. The third-order valence-corrected chi connectivity index (χ3v) is 6.84. The lowest BCUT2D eigenvalue weighted by molar-refractivity contribution is -0.109. The van der Waals surface area contributed by atoms with Crippen LogP contribution in [0.3, 0.4) is 0 Å². The Morgan fingerprint density at radius 3 is 2.63 bits per heavy atom. The van der Waals surface area contributed by atoms with E-state index in [1.165, 1.54) is 17.4 Å². The summed E-state index contributed by atoms with van der Waals surface area (Å²) < 4.78 is 7.89. The number of amides is 2. The van der Waals surface area contributed by atoms with Crippen LogP contribution in [0.15, 0.2) is 77.7 Å². The minimum atomic E-state index is -0.597. The molecule has 1 fully saturated rings. The first-order valence-corrected chi connectivity index (χ1v) is 13.9. The molecule has 11 heteroatoms. The van der Waals surface area contributed by atoms with Crippen molar-refractivity contribution in [1.82, 2.24) is 29.8 Å². The van der Waals surface area contributed by atoms with Crippen molar-refractivity contribution in [3.05, 3.63) is 100 Å². The number of nitrogens with two attached hydrogens (primary N) is 1. The van der Waals surface area contributed by atoms with Gasteiger partial charge in [-0.1, -0.05) is 42.2 Å². The van der Waals surface area contributed by atoms with Gasteiger partial charge < -0.3 is 21.1 Å². The Balaban J connectivity index is 0.000000668. The molecule has 6 rings (SSSR count). The van der Waals surface area contributed by atoms with Gasteiger partial charge in [0.05, 0.1) is 18.0 Å². The van der Waals surface area contributed by atoms with Crippen molar-refractivity contribution < 1.29 is 14.3 Å². The van der Waals surface area contributed by atoms with E-state index in [0.717, 1.165) is 13.2 Å². The highest BCUT2D eigenvalue weighted by atomic mass is 16.5. The fourth-order valence-corrected chi connectivity index (χ4v) is 4.85. The number of nitrogens with zero attached hydrogens (tertiary/aromatic N) is 4. The number of nitrogens with one attached hydrogen (secondary N) is 2. The predicted molar refractivity (Wildman–Crippen MR) is 164 cm³/mol. The summed E-state index contributed by atoms with van der Waals surface area (Å²) in [5.74, 6) is 5.42. The maximum atomic E-state index is 14.0. The largest absolute Gasteiger partial charge is 0.382 e. The van der Waals surface area contributed by atoms with Crippen molar-refractivity contribution in [1.29, 1.82) is 0 Å². The number of para-hydroxylation sites is 1. The molecule has 0 bridgehead atoms. The Morgan fingerprint density at radius 1 is 1.12 bits per heavy atom. The molecule has 5 aromatic rings. The van der Waals surface area contributed by atoms with Crippen LogP contribution in [0.25, 0.3) is 22.1 Å². The molecule has 3 aromatic heterocycles. The van der Waals surface area contributed by atoms with Gasteiger partial charge in [-0.3, -0.25) is 19.0 Å². The van der Waals surface area contributed by atoms with E-state index in [-0.39, 0.29) is 23.6 Å². The number of benzene rings is 2. The van der Waals surface area contributed by atoms with Gasteiger partial charge in [0.15, 0.2) is 17.2 Å². The number of rotatable bonds is 6. The lowest BCUT2D eigenvalue weighted by Gasteiger charge is -2.21. The standard InChI is InChI=1S/C28H23N7O3.C4H8O/c1-18(32-27(37)25-26(29)33-23-13-7-15-31-35(23)25)22-16-20-9-5-8-19(10-6-14-30-17-36)24(20)28(38)34(22)21-11-3-2-4-12-21;1-2-4-5-3-1/h2-5,7-9,11-13,15-18H,14,29H2,1H3,(H,30,36)(H,32,37);1-4H2. The number of ether oxygens (including phenoxy) is 1. The van der Waals surface area contributed by atoms with Gasteiger partial charge in [-0.2, -0.15) is 5.10 Å². The van der Waals surface area contributed by atoms with E-state index in [1.807, 2.05) is 48.5 Å². The molecule has 2 aromatic carbocycles. The summed E-state index contributed by atoms with van der Waals surface area (Å²) in [6.45, 7) is 3.95. The first-order chi connectivity index (χ1) is 21.0. The Labute approximate surface area is 247 Å². The Hall–Kier alpha value is -5.47. The lowest BCUT2D eigenvalue weighted by Crippen LogP contribution is -2.33. The van der Waals surface area contributed by atoms with Gasteiger partial charge in [-0.05, 0) is 61.5 Å². The molecule has 43 heavy (non-hydrogen) atoms. The first kappa shape index (κ1) is 29.0. The van der Waals surface area contributed by atoms with E-state index >= 15 is 0 Å². The van der Waals surface area contributed by atoms with Gasteiger partial charge in [0.2, 0.25) is 6.41 Å². The number of fused-ring (bicyclic) bond motifs is 2. The Bertz CT molecular complexity index is 1880. The topological polar surface area (TPSA) is 146 Å². The molecule has 2 amide bonds. The predicted octanol–water partition coefficient (Wildman–Crippen LogP) is 3.00. The number of nitrogen functional groups attached to an aromatic ring is 1. The van der Waals surface area contributed by atoms with Crippen LogP contribution in [-0.2, 0) is 9.53 Å². The van der Waals surface area contributed by atoms with Crippen molar-refractivity contribution in [2.75, 3.05) is 25.5 Å². The third-order valence-electron chi connectivity index (χ3n) is 6.84. The van der Waals surface area contributed by atoms with Crippen molar-refractivity contribution in [2.45, 2.75) is 25.8 Å². The van der Waals surface area contributed by atoms with Crippen LogP contribution < -0.4 is 21.9 Å². The summed E-state index contributed by atoms with van der Waals surface area (Å²) in [7, 11) is 0. The second kappa shape index (κ2) is 13.5. The smallest absolute Gasteiger partial charge is 0.274 e. The molecule has 1 atom stereocenters. The van der Waals surface area contributed by atoms with Gasteiger partial charge in [-0.25, -0.2) is 9.50 Å². The molecule has 0 spiro atoms. The highest BCUT2D eigenvalue weighted by Gasteiger charge is 2.23. The summed E-state index contributed by atoms with van der Waals surface area (Å²) in [6, 6.07) is 19.2. The molecule has 11 nitrogen and oxygen atoms in total. The third kappa shape index (κ3) is 6.39. The van der Waals surface area contributed by atoms with E-state index < -0.39 is 11.9 Å². The number of pyridine rings is 1. The molecule has 218 valence electrons. The van der Waals surface area contributed by atoms with E-state index in [4.69, 9.17) is 10.5 Å². The Morgan fingerprint density at radius 2 is 1.91 bits per heavy atom. The SMILES string of the molecule is C1CCOC1.CC(NC(=O)c1c(N)nc2cccnn12)c1cc2cccc(C#CCNC=O)c2c(=O)n1-c1ccccc1. The fourth-order valence-electron chi connectivity index (χ4n) is 4.85. The van der Waals surface area contributed by atoms with Gasteiger partial charge in [-0.15, -0.1) is 0 Å². The number of anilines is 1. The number of carbonyl (C=O) groups excluding carboxylic acids is 2. The number of hydrogen-bond donors (Lipinski definition) is 3. The summed E-state index contributed by atoms with van der Waals surface area (Å²) in [4.78, 5) is 42.0. The molecular weight excluding hydrogens is 546 g/mol. The monoisotopic (exact) mass is 577 g/mol. The zero-order chi connectivity index (χ0) is 30.2. The second-order valence-electron chi connectivity index (χ2n) is 9.77. The van der Waals surface area contributed by atoms with Crippen LogP contribution in [0.4, 0.5) is 5.82 Å². The lowest BCUT2D eigenvalue weighted by atomic mass is 10.0. The highest BCUT2D eigenvalue weighted by Crippen LogP contribution is 2.24. The van der Waals surface area contributed by atoms with Crippen molar-refractivity contribution >= 4 is 34.6 Å². The molecule has 0 saturated carbocycles. The van der Waals surface area contributed by atoms with E-state index in [2.05, 4.69) is 32.6 Å². The van der Waals surface area contributed by atoms with Crippen LogP contribution in [0, 0.1) is 11.8 Å². The maximum Gasteiger partial charge on any atom is 0.274 e. The summed E-state index contributed by atoms with van der Waals surface area (Å²) in [5, 5.41) is 10.7. The average molecular weight is 578 g/mol. The second-order valence-corrected chi connectivity index (χ2v) is 9.77. The molecule has 1 saturated heterocycles. The van der Waals surface area contributed by atoms with Gasteiger partial charge in [0, 0.05) is 36.4 Å². The van der Waals surface area contributed by atoms with Crippen LogP contribution in [0.5, 0.6) is 0 Å². The summed E-state index contributed by atoms with van der Waals surface area (Å²) >= 11 is 0. The summed E-state index contributed by atoms with van der Waals surface area (Å²) in [5.41, 5.74) is 8.06. The molecule has 4 N–H and O–H groups in total. The average Bonchev–Trinajstić information content (AvgIpc) is 3.71. The number of carbonyl (C=O) groups is 2. The van der Waals surface area contributed by atoms with E-state index in [1.54, 1.807) is 35.9 Å². The van der Waals surface area contributed by atoms with Gasteiger partial charge >= 0.3 is 0 Å². The zero-order valence-corrected chi connectivity index (χ0v) is 23.6. The van der Waals surface area contributed by atoms with Crippen molar-refractivity contribution in [3.63, 3.8) is 0 Å². The highest BCUT2D eigenvalue weighted by molar-refractivity contribution is 5.98. The number of imidazole rings is 1. The van der Waals surface area contributed by atoms with E-state index in [9.17, 15) is 14.4 Å². The van der Waals surface area contributed by atoms with Crippen molar-refractivity contribution in [2.24, 2.45) is 0 Å². The van der Waals surface area contributed by atoms with Crippen LogP contribution in [0.1, 0.15) is 47.6 Å². The van der Waals surface area contributed by atoms with Crippen molar-refractivity contribution in [3.8, 4) is 17.5 Å². The molecule has 0 aliphatic carbocycles. The molecule has 4 heterocycles. The molecule has 1 aliphatic rings. The van der Waals surface area contributed by atoms with Crippen LogP contribution in [-0.4, -0.2) is 51.2 Å². The quantitative estimate of drug-likeness (QED) is 0.160. The van der Waals surface area contributed by atoms with Crippen LogP contribution in [0.2, 0.25) is 0 Å². The van der Waals surface area contributed by atoms with Gasteiger partial charge in [0.1, 0.15) is 0 Å². The summed E-state index contributed by atoms with van der Waals surface area (Å²) in [6.07, 6.45) is 4.67.